The minimum Gasteiger partial charge on any atom is -0.370 e. The molecule has 3 heterocycles. The molecule has 41 heavy (non-hydrogen) atoms. The van der Waals surface area contributed by atoms with Crippen LogP contribution in [0.5, 0.6) is 0 Å². The summed E-state index contributed by atoms with van der Waals surface area (Å²) in [6, 6.07) is 12.1. The molecule has 220 valence electrons. The Labute approximate surface area is 245 Å². The number of fused-ring (bicyclic) bond motifs is 1. The number of nitrogens with two attached hydrogens (primary N) is 1. The molecule has 4 amide bonds. The number of H-pyrrole nitrogens is 1. The lowest BCUT2D eigenvalue weighted by molar-refractivity contribution is -0.118. The van der Waals surface area contributed by atoms with E-state index in [9.17, 15) is 14.4 Å². The average Bonchev–Trinajstić information content (AvgIpc) is 3.53. The van der Waals surface area contributed by atoms with Crippen molar-refractivity contribution in [2.75, 3.05) is 17.3 Å². The van der Waals surface area contributed by atoms with E-state index >= 15 is 0 Å². The third kappa shape index (κ3) is 8.07. The molecule has 4 aromatic rings. The van der Waals surface area contributed by atoms with Crippen molar-refractivity contribution >= 4 is 58.4 Å². The van der Waals surface area contributed by atoms with Crippen molar-refractivity contribution in [3.8, 4) is 0 Å². The number of nitrogens with one attached hydrogen (secondary N) is 2. The van der Waals surface area contributed by atoms with Gasteiger partial charge in [-0.2, -0.15) is 4.98 Å². The Morgan fingerprint density at radius 1 is 1.12 bits per heavy atom. The maximum absolute atomic E-state index is 13.2. The van der Waals surface area contributed by atoms with Crippen molar-refractivity contribution in [3.05, 3.63) is 64.6 Å². The quantitative estimate of drug-likeness (QED) is 0.216. The number of pyridine rings is 1. The topological polar surface area (TPSA) is 142 Å². The van der Waals surface area contributed by atoms with E-state index in [0.717, 1.165) is 15.8 Å². The first kappa shape index (κ1) is 32.8. The van der Waals surface area contributed by atoms with Gasteiger partial charge in [0.25, 0.3) is 0 Å². The zero-order valence-electron chi connectivity index (χ0n) is 24.7. The maximum Gasteiger partial charge on any atom is 0.332 e. The Hall–Kier alpha value is -4.38. The van der Waals surface area contributed by atoms with E-state index in [1.165, 1.54) is 4.90 Å². The van der Waals surface area contributed by atoms with E-state index in [2.05, 4.69) is 20.3 Å². The number of benzene rings is 1. The van der Waals surface area contributed by atoms with Crippen molar-refractivity contribution in [3.63, 3.8) is 0 Å². The number of rotatable bonds is 9. The van der Waals surface area contributed by atoms with Crippen molar-refractivity contribution in [2.45, 2.75) is 54.0 Å². The molecule has 0 aliphatic heterocycles. The van der Waals surface area contributed by atoms with E-state index in [-0.39, 0.29) is 13.0 Å². The molecule has 0 saturated carbocycles. The number of nitrogens with zero attached hydrogens (tertiary/aromatic N) is 5. The number of carbonyl (C=O) groups excluding carboxylic acids is 3. The molecule has 0 bridgehead atoms. The molecule has 12 heteroatoms. The second-order valence-electron chi connectivity index (χ2n) is 8.58. The number of aromatic nitrogens is 4. The lowest BCUT2D eigenvalue weighted by Crippen LogP contribution is -2.40. The largest absolute Gasteiger partial charge is 0.370 e. The van der Waals surface area contributed by atoms with Crippen LogP contribution < -0.4 is 16.0 Å². The van der Waals surface area contributed by atoms with E-state index in [4.69, 9.17) is 17.3 Å². The SMILES string of the molecule is CC.CC.Cc1c(N(C)C(=O)N(C=O)Cc2cc3c(Cl)cccc3[nH]2)nc(Nc2cccc(CCC(N)=O)n2)n1C. The van der Waals surface area contributed by atoms with Gasteiger partial charge in [-0.15, -0.1) is 0 Å². The molecule has 11 nitrogen and oxygen atoms in total. The predicted octanol–water partition coefficient (Wildman–Crippen LogP) is 5.69. The highest BCUT2D eigenvalue weighted by Crippen LogP contribution is 2.26. The molecule has 3 aromatic heterocycles. The molecule has 1 aromatic carbocycles. The van der Waals surface area contributed by atoms with Gasteiger partial charge in [-0.05, 0) is 43.7 Å². The molecule has 0 aliphatic rings. The average molecular weight is 583 g/mol. The van der Waals surface area contributed by atoms with Crippen molar-refractivity contribution in [1.29, 1.82) is 0 Å². The van der Waals surface area contributed by atoms with Gasteiger partial charge in [0.1, 0.15) is 5.82 Å². The minimum absolute atomic E-state index is 0.0384. The number of hydrogen-bond donors (Lipinski definition) is 3. The molecule has 0 unspecified atom stereocenters. The van der Waals surface area contributed by atoms with Crippen molar-refractivity contribution in [2.24, 2.45) is 12.8 Å². The highest BCUT2D eigenvalue weighted by atomic mass is 35.5. The Bertz CT molecular complexity index is 1480. The summed E-state index contributed by atoms with van der Waals surface area (Å²) >= 11 is 6.25. The van der Waals surface area contributed by atoms with E-state index < -0.39 is 11.9 Å². The molecule has 4 rings (SSSR count). The highest BCUT2D eigenvalue weighted by Gasteiger charge is 2.25. The second-order valence-corrected chi connectivity index (χ2v) is 8.99. The van der Waals surface area contributed by atoms with Crippen LogP contribution >= 0.6 is 11.6 Å². The fourth-order valence-electron chi connectivity index (χ4n) is 3.93. The number of imidazole rings is 1. The van der Waals surface area contributed by atoms with Gasteiger partial charge in [0.2, 0.25) is 18.3 Å². The first-order valence-electron chi connectivity index (χ1n) is 13.5. The number of amides is 4. The lowest BCUT2D eigenvalue weighted by Gasteiger charge is -2.22. The van der Waals surface area contributed by atoms with Crippen LogP contribution in [0.4, 0.5) is 22.4 Å². The fourth-order valence-corrected chi connectivity index (χ4v) is 4.16. The Balaban J connectivity index is 0.00000141. The van der Waals surface area contributed by atoms with Crippen molar-refractivity contribution < 1.29 is 14.4 Å². The number of anilines is 3. The third-order valence-corrected chi connectivity index (χ3v) is 6.34. The van der Waals surface area contributed by atoms with Crippen LogP contribution in [-0.2, 0) is 29.6 Å². The van der Waals surface area contributed by atoms with Gasteiger partial charge >= 0.3 is 6.03 Å². The van der Waals surface area contributed by atoms with Gasteiger partial charge in [0.15, 0.2) is 5.82 Å². The Kier molecular flexibility index (Phi) is 12.3. The summed E-state index contributed by atoms with van der Waals surface area (Å²) in [4.78, 5) is 50.8. The summed E-state index contributed by atoms with van der Waals surface area (Å²) in [6.45, 7) is 9.86. The van der Waals surface area contributed by atoms with Crippen LogP contribution in [0.3, 0.4) is 0 Å². The maximum atomic E-state index is 13.2. The zero-order chi connectivity index (χ0) is 30.7. The highest BCUT2D eigenvalue weighted by molar-refractivity contribution is 6.35. The van der Waals surface area contributed by atoms with Gasteiger partial charge in [-0.3, -0.25) is 19.4 Å². The van der Waals surface area contributed by atoms with Crippen LogP contribution in [-0.4, -0.2) is 49.8 Å². The van der Waals surface area contributed by atoms with Gasteiger partial charge in [-0.25, -0.2) is 9.78 Å². The van der Waals surface area contributed by atoms with E-state index in [0.29, 0.717) is 52.5 Å². The number of urea groups is 1. The molecule has 0 atom stereocenters. The van der Waals surface area contributed by atoms with Crippen LogP contribution in [0.25, 0.3) is 10.9 Å². The van der Waals surface area contributed by atoms with Crippen LogP contribution in [0.2, 0.25) is 5.02 Å². The molecular formula is C29H39ClN8O3. The summed E-state index contributed by atoms with van der Waals surface area (Å²) < 4.78 is 1.78. The predicted molar refractivity (Wildman–Crippen MR) is 164 cm³/mol. The number of imide groups is 1. The third-order valence-electron chi connectivity index (χ3n) is 6.02. The second kappa shape index (κ2) is 15.4. The van der Waals surface area contributed by atoms with Gasteiger partial charge in [0, 0.05) is 47.8 Å². The van der Waals surface area contributed by atoms with E-state index in [1.807, 2.05) is 65.0 Å². The molecule has 0 radical (unpaired) electrons. The number of hydrogen-bond acceptors (Lipinski definition) is 6. The normalized spacial score (nSPS) is 10.1. The lowest BCUT2D eigenvalue weighted by atomic mass is 10.2. The van der Waals surface area contributed by atoms with Gasteiger partial charge in [0.05, 0.1) is 12.2 Å². The van der Waals surface area contributed by atoms with Crippen LogP contribution in [0, 0.1) is 6.92 Å². The minimum atomic E-state index is -0.543. The smallest absolute Gasteiger partial charge is 0.332 e. The fraction of sp³-hybridized carbons (Fsp3) is 0.345. The number of carbonyl (C=O) groups is 3. The molecule has 0 aliphatic carbocycles. The Morgan fingerprint density at radius 3 is 2.44 bits per heavy atom. The number of aromatic amines is 1. The summed E-state index contributed by atoms with van der Waals surface area (Å²) in [5.41, 5.74) is 8.13. The monoisotopic (exact) mass is 582 g/mol. The first-order valence-corrected chi connectivity index (χ1v) is 13.9. The first-order chi connectivity index (χ1) is 19.7. The zero-order valence-corrected chi connectivity index (χ0v) is 25.4. The number of halogens is 1. The molecule has 4 N–H and O–H groups in total. The molecule has 0 spiro atoms. The summed E-state index contributed by atoms with van der Waals surface area (Å²) in [5.74, 6) is 0.971. The summed E-state index contributed by atoms with van der Waals surface area (Å²) in [7, 11) is 3.36. The van der Waals surface area contributed by atoms with E-state index in [1.54, 1.807) is 30.8 Å². The van der Waals surface area contributed by atoms with Crippen LogP contribution in [0.1, 0.15) is 51.2 Å². The molecule has 0 saturated heterocycles. The van der Waals surface area contributed by atoms with Crippen LogP contribution in [0.15, 0.2) is 42.5 Å². The summed E-state index contributed by atoms with van der Waals surface area (Å²) in [6.07, 6.45) is 1.12. The van der Waals surface area contributed by atoms with Gasteiger partial charge in [-0.1, -0.05) is 51.4 Å². The molecule has 0 fully saturated rings. The summed E-state index contributed by atoms with van der Waals surface area (Å²) in [5, 5.41) is 4.54. The molecular weight excluding hydrogens is 544 g/mol. The van der Waals surface area contributed by atoms with Gasteiger partial charge < -0.3 is 20.6 Å². The van der Waals surface area contributed by atoms with Crippen molar-refractivity contribution in [1.82, 2.24) is 24.4 Å². The number of primary amides is 1. The Morgan fingerprint density at radius 2 is 1.80 bits per heavy atom. The number of aryl methyl sites for hydroxylation is 1. The standard InChI is InChI=1S/C25H27ClN8O3.2C2H6/c1-15-23(31-24(32(15)2)30-22-9-4-6-16(29-22)10-11-21(27)36)33(3)25(37)34(14-35)13-17-12-18-19(26)7-5-8-20(18)28-17;2*1-2/h4-9,12,14,28H,10-11,13H2,1-3H3,(H2,27,36)(H,29,30,31);2*1-2H3.